The SMILES string of the molecule is CC1(C)C(=O)Nc2nc(-c3nn(Cc4ccccc4F)c4ncccc34)nc(CCC(F)(F)F)c21. The molecule has 0 saturated heterocycles. The van der Waals surface area contributed by atoms with Gasteiger partial charge in [-0.25, -0.2) is 24.0 Å². The normalized spacial score (nSPS) is 14.9. The zero-order chi connectivity index (χ0) is 25.0. The maximum atomic E-state index is 14.3. The number of nitrogens with one attached hydrogen (secondary N) is 1. The number of halogens is 4. The molecule has 1 aliphatic heterocycles. The van der Waals surface area contributed by atoms with Crippen molar-refractivity contribution in [1.82, 2.24) is 24.7 Å². The van der Waals surface area contributed by atoms with Gasteiger partial charge in [0.2, 0.25) is 5.91 Å². The molecule has 5 rings (SSSR count). The van der Waals surface area contributed by atoms with E-state index < -0.39 is 30.3 Å². The van der Waals surface area contributed by atoms with Gasteiger partial charge in [-0.05, 0) is 38.5 Å². The molecule has 0 fully saturated rings. The summed E-state index contributed by atoms with van der Waals surface area (Å²) in [6, 6.07) is 9.68. The molecule has 4 heterocycles. The van der Waals surface area contributed by atoms with E-state index in [9.17, 15) is 22.4 Å². The first-order chi connectivity index (χ1) is 16.5. The molecule has 7 nitrogen and oxygen atoms in total. The fraction of sp³-hybridized carbons (Fsp3) is 0.292. The van der Waals surface area contributed by atoms with Crippen molar-refractivity contribution in [3.8, 4) is 11.5 Å². The molecule has 35 heavy (non-hydrogen) atoms. The monoisotopic (exact) mass is 484 g/mol. The molecule has 0 bridgehead atoms. The number of carbonyl (C=O) groups is 1. The van der Waals surface area contributed by atoms with Crippen LogP contribution in [0.2, 0.25) is 0 Å². The van der Waals surface area contributed by atoms with Crippen LogP contribution in [0.25, 0.3) is 22.6 Å². The van der Waals surface area contributed by atoms with E-state index in [1.807, 2.05) is 0 Å². The molecule has 1 aromatic carbocycles. The molecule has 0 radical (unpaired) electrons. The number of amides is 1. The molecule has 0 unspecified atom stereocenters. The van der Waals surface area contributed by atoms with Crippen LogP contribution in [0.5, 0.6) is 0 Å². The average molecular weight is 484 g/mol. The van der Waals surface area contributed by atoms with Gasteiger partial charge in [-0.2, -0.15) is 18.3 Å². The molecular formula is C24H20F4N6O. The Balaban J connectivity index is 1.66. The number of hydrogen-bond donors (Lipinski definition) is 1. The number of aryl methyl sites for hydroxylation is 1. The van der Waals surface area contributed by atoms with Gasteiger partial charge in [-0.3, -0.25) is 4.79 Å². The summed E-state index contributed by atoms with van der Waals surface area (Å²) >= 11 is 0. The third-order valence-corrected chi connectivity index (χ3v) is 6.05. The van der Waals surface area contributed by atoms with Crippen LogP contribution in [-0.2, 0) is 23.2 Å². The lowest BCUT2D eigenvalue weighted by molar-refractivity contribution is -0.134. The molecule has 0 aliphatic carbocycles. The third kappa shape index (κ3) is 4.11. The predicted molar refractivity (Wildman–Crippen MR) is 120 cm³/mol. The number of alkyl halides is 3. The maximum Gasteiger partial charge on any atom is 0.389 e. The fourth-order valence-electron chi connectivity index (χ4n) is 4.25. The summed E-state index contributed by atoms with van der Waals surface area (Å²) in [7, 11) is 0. The van der Waals surface area contributed by atoms with E-state index in [0.717, 1.165) is 0 Å². The van der Waals surface area contributed by atoms with E-state index in [1.54, 1.807) is 50.4 Å². The van der Waals surface area contributed by atoms with Crippen molar-refractivity contribution < 1.29 is 22.4 Å². The molecule has 3 aromatic heterocycles. The highest BCUT2D eigenvalue weighted by Crippen LogP contribution is 2.40. The Morgan fingerprint density at radius 2 is 1.86 bits per heavy atom. The number of hydrogen-bond acceptors (Lipinski definition) is 5. The highest BCUT2D eigenvalue weighted by atomic mass is 19.4. The van der Waals surface area contributed by atoms with E-state index >= 15 is 0 Å². The summed E-state index contributed by atoms with van der Waals surface area (Å²) < 4.78 is 54.9. The topological polar surface area (TPSA) is 85.6 Å². The first-order valence-corrected chi connectivity index (χ1v) is 10.9. The van der Waals surface area contributed by atoms with Gasteiger partial charge in [0.1, 0.15) is 17.3 Å². The summed E-state index contributed by atoms with van der Waals surface area (Å²) in [5.74, 6) is -0.544. The van der Waals surface area contributed by atoms with Gasteiger partial charge in [-0.1, -0.05) is 18.2 Å². The van der Waals surface area contributed by atoms with Gasteiger partial charge in [0.05, 0.1) is 23.0 Å². The summed E-state index contributed by atoms with van der Waals surface area (Å²) in [5.41, 5.74) is 0.511. The average Bonchev–Trinajstić information content (AvgIpc) is 3.27. The van der Waals surface area contributed by atoms with Crippen molar-refractivity contribution in [3.63, 3.8) is 0 Å². The molecule has 0 atom stereocenters. The minimum atomic E-state index is -4.39. The molecular weight excluding hydrogens is 464 g/mol. The summed E-state index contributed by atoms with van der Waals surface area (Å²) in [6.45, 7) is 3.32. The van der Waals surface area contributed by atoms with Crippen molar-refractivity contribution in [3.05, 3.63) is 65.2 Å². The summed E-state index contributed by atoms with van der Waals surface area (Å²) in [6.07, 6.45) is -4.33. The van der Waals surface area contributed by atoms with Gasteiger partial charge >= 0.3 is 6.18 Å². The Morgan fingerprint density at radius 3 is 2.60 bits per heavy atom. The Morgan fingerprint density at radius 1 is 1.09 bits per heavy atom. The number of rotatable bonds is 5. The Kier molecular flexibility index (Phi) is 5.30. The molecule has 11 heteroatoms. The van der Waals surface area contributed by atoms with Gasteiger partial charge in [0.25, 0.3) is 0 Å². The molecule has 1 amide bonds. The number of fused-ring (bicyclic) bond motifs is 2. The molecule has 180 valence electrons. The van der Waals surface area contributed by atoms with Crippen LogP contribution < -0.4 is 5.32 Å². The zero-order valence-corrected chi connectivity index (χ0v) is 18.8. The largest absolute Gasteiger partial charge is 0.389 e. The van der Waals surface area contributed by atoms with E-state index in [4.69, 9.17) is 0 Å². The van der Waals surface area contributed by atoms with Gasteiger partial charge in [-0.15, -0.1) is 0 Å². The predicted octanol–water partition coefficient (Wildman–Crippen LogP) is 4.80. The Bertz CT molecular complexity index is 1460. The van der Waals surface area contributed by atoms with E-state index in [1.165, 1.54) is 10.7 Å². The molecule has 1 aliphatic rings. The van der Waals surface area contributed by atoms with E-state index in [-0.39, 0.29) is 35.5 Å². The van der Waals surface area contributed by atoms with Crippen LogP contribution >= 0.6 is 0 Å². The summed E-state index contributed by atoms with van der Waals surface area (Å²) in [5, 5.41) is 7.77. The van der Waals surface area contributed by atoms with Crippen molar-refractivity contribution in [1.29, 1.82) is 0 Å². The minimum absolute atomic E-state index is 0.0595. The van der Waals surface area contributed by atoms with Crippen LogP contribution in [-0.4, -0.2) is 36.8 Å². The van der Waals surface area contributed by atoms with Crippen LogP contribution in [0.4, 0.5) is 23.4 Å². The van der Waals surface area contributed by atoms with Gasteiger partial charge in [0, 0.05) is 23.7 Å². The van der Waals surface area contributed by atoms with Crippen molar-refractivity contribution in [2.75, 3.05) is 5.32 Å². The van der Waals surface area contributed by atoms with Gasteiger partial charge < -0.3 is 5.32 Å². The second kappa shape index (κ2) is 8.10. The first kappa shape index (κ1) is 22.9. The summed E-state index contributed by atoms with van der Waals surface area (Å²) in [4.78, 5) is 25.8. The molecule has 0 spiro atoms. The maximum absolute atomic E-state index is 14.3. The quantitative estimate of drug-likeness (QED) is 0.412. The second-order valence-electron chi connectivity index (χ2n) is 8.88. The van der Waals surface area contributed by atoms with E-state index in [0.29, 0.717) is 22.2 Å². The van der Waals surface area contributed by atoms with Gasteiger partial charge in [0.15, 0.2) is 11.5 Å². The molecule has 0 saturated carbocycles. The van der Waals surface area contributed by atoms with Crippen molar-refractivity contribution in [2.45, 2.75) is 44.8 Å². The minimum Gasteiger partial charge on any atom is -0.310 e. The van der Waals surface area contributed by atoms with E-state index in [2.05, 4.69) is 25.4 Å². The highest BCUT2D eigenvalue weighted by Gasteiger charge is 2.43. The van der Waals surface area contributed by atoms with Crippen LogP contribution in [0.3, 0.4) is 0 Å². The van der Waals surface area contributed by atoms with Crippen LogP contribution in [0, 0.1) is 5.82 Å². The lowest BCUT2D eigenvalue weighted by Gasteiger charge is -2.18. The number of benzene rings is 1. The lowest BCUT2D eigenvalue weighted by Crippen LogP contribution is -2.28. The number of anilines is 1. The molecule has 1 N–H and O–H groups in total. The Labute approximate surface area is 197 Å². The van der Waals surface area contributed by atoms with Crippen molar-refractivity contribution >= 4 is 22.8 Å². The number of aromatic nitrogens is 5. The highest BCUT2D eigenvalue weighted by molar-refractivity contribution is 6.05. The van der Waals surface area contributed by atoms with Crippen LogP contribution in [0.1, 0.15) is 37.1 Å². The number of carbonyl (C=O) groups excluding carboxylic acids is 1. The smallest absolute Gasteiger partial charge is 0.310 e. The second-order valence-corrected chi connectivity index (χ2v) is 8.88. The Hall–Kier alpha value is -3.89. The third-order valence-electron chi connectivity index (χ3n) is 6.05. The fourth-order valence-corrected chi connectivity index (χ4v) is 4.25. The lowest BCUT2D eigenvalue weighted by atomic mass is 9.85. The van der Waals surface area contributed by atoms with Crippen molar-refractivity contribution in [2.24, 2.45) is 0 Å². The number of nitrogens with zero attached hydrogens (tertiary/aromatic N) is 5. The standard InChI is InChI=1S/C24H20F4N6O/c1-23(2)17-16(9-10-24(26,27)28)30-20(31-19(17)32-22(23)35)18-14-7-5-11-29-21(14)34(33-18)12-13-6-3-4-8-15(13)25/h3-8,11H,9-10,12H2,1-2H3,(H,30,31,32,35). The number of pyridine rings is 1. The molecule has 4 aromatic rings. The van der Waals surface area contributed by atoms with Crippen LogP contribution in [0.15, 0.2) is 42.6 Å². The first-order valence-electron chi connectivity index (χ1n) is 10.9. The zero-order valence-electron chi connectivity index (χ0n) is 18.8.